The molecule has 2 aromatic rings. The summed E-state index contributed by atoms with van der Waals surface area (Å²) in [6.07, 6.45) is 3.47. The van der Waals surface area contributed by atoms with Crippen molar-refractivity contribution in [2.24, 2.45) is 0 Å². The molecule has 1 aliphatic rings. The fourth-order valence-corrected chi connectivity index (χ4v) is 4.41. The van der Waals surface area contributed by atoms with E-state index in [1.54, 1.807) is 7.11 Å². The van der Waals surface area contributed by atoms with Crippen LogP contribution < -0.4 is 0 Å². The fourth-order valence-electron chi connectivity index (χ4n) is 3.66. The minimum atomic E-state index is -0.368. The minimum absolute atomic E-state index is 0.173. The predicted molar refractivity (Wildman–Crippen MR) is 110 cm³/mol. The SMILES string of the molecule is COCCn1c(C)cc(C(=O)COC(=O)CSc2ccc3c(c2)CCC3)c1C. The van der Waals surface area contributed by atoms with Crippen molar-refractivity contribution in [3.63, 3.8) is 0 Å². The maximum atomic E-state index is 12.5. The van der Waals surface area contributed by atoms with Gasteiger partial charge in [-0.1, -0.05) is 6.07 Å². The number of carbonyl (C=O) groups excluding carboxylic acids is 2. The summed E-state index contributed by atoms with van der Waals surface area (Å²) in [7, 11) is 1.65. The van der Waals surface area contributed by atoms with Crippen LogP contribution in [-0.2, 0) is 33.7 Å². The number of hydrogen-bond donors (Lipinski definition) is 0. The Labute approximate surface area is 170 Å². The topological polar surface area (TPSA) is 57.5 Å². The van der Waals surface area contributed by atoms with E-state index in [1.165, 1.54) is 29.3 Å². The van der Waals surface area contributed by atoms with Gasteiger partial charge < -0.3 is 14.0 Å². The first-order chi connectivity index (χ1) is 13.5. The van der Waals surface area contributed by atoms with Crippen LogP contribution in [-0.4, -0.2) is 42.4 Å². The zero-order chi connectivity index (χ0) is 20.1. The third-order valence-electron chi connectivity index (χ3n) is 5.18. The number of rotatable bonds is 9. The minimum Gasteiger partial charge on any atom is -0.457 e. The Morgan fingerprint density at radius 2 is 1.93 bits per heavy atom. The first-order valence-electron chi connectivity index (χ1n) is 9.58. The molecule has 0 N–H and O–H groups in total. The van der Waals surface area contributed by atoms with Crippen LogP contribution in [0.5, 0.6) is 0 Å². The summed E-state index contributed by atoms with van der Waals surface area (Å²) >= 11 is 1.46. The molecule has 0 unspecified atom stereocenters. The second-order valence-corrected chi connectivity index (χ2v) is 8.13. The normalized spacial score (nSPS) is 12.8. The predicted octanol–water partition coefficient (Wildman–Crippen LogP) is 3.76. The molecule has 6 heteroatoms. The van der Waals surface area contributed by atoms with Crippen LogP contribution >= 0.6 is 11.8 Å². The first-order valence-corrected chi connectivity index (χ1v) is 10.6. The highest BCUT2D eigenvalue weighted by Crippen LogP contribution is 2.27. The zero-order valence-electron chi connectivity index (χ0n) is 16.7. The summed E-state index contributed by atoms with van der Waals surface area (Å²) in [5.41, 5.74) is 5.28. The maximum Gasteiger partial charge on any atom is 0.316 e. The lowest BCUT2D eigenvalue weighted by Gasteiger charge is -2.09. The molecule has 0 aliphatic heterocycles. The summed E-state index contributed by atoms with van der Waals surface area (Å²) in [4.78, 5) is 25.6. The fraction of sp³-hybridized carbons (Fsp3) is 0.455. The van der Waals surface area contributed by atoms with Crippen LogP contribution in [0.3, 0.4) is 0 Å². The molecule has 1 aromatic heterocycles. The van der Waals surface area contributed by atoms with Crippen molar-refractivity contribution in [3.05, 3.63) is 52.3 Å². The molecule has 1 aliphatic carbocycles. The number of carbonyl (C=O) groups is 2. The van der Waals surface area contributed by atoms with Gasteiger partial charge in [-0.05, 0) is 62.4 Å². The number of nitrogens with zero attached hydrogens (tertiary/aromatic N) is 1. The Morgan fingerprint density at radius 1 is 1.14 bits per heavy atom. The standard InChI is InChI=1S/C22H27NO4S/c1-15-11-20(16(2)23(15)9-10-26-3)21(24)13-27-22(25)14-28-19-8-7-17-5-4-6-18(17)12-19/h7-8,11-12H,4-6,9-10,13-14H2,1-3H3. The van der Waals surface area contributed by atoms with Gasteiger partial charge in [0.2, 0.25) is 5.78 Å². The highest BCUT2D eigenvalue weighted by molar-refractivity contribution is 8.00. The Morgan fingerprint density at radius 3 is 2.71 bits per heavy atom. The summed E-state index contributed by atoms with van der Waals surface area (Å²) in [6, 6.07) is 8.22. The molecule has 28 heavy (non-hydrogen) atoms. The highest BCUT2D eigenvalue weighted by atomic mass is 32.2. The molecular formula is C22H27NO4S. The van der Waals surface area contributed by atoms with E-state index in [-0.39, 0.29) is 24.1 Å². The number of thioether (sulfide) groups is 1. The van der Waals surface area contributed by atoms with Crippen molar-refractivity contribution in [2.75, 3.05) is 26.1 Å². The summed E-state index contributed by atoms with van der Waals surface area (Å²) in [5, 5.41) is 0. The molecule has 0 fully saturated rings. The lowest BCUT2D eigenvalue weighted by Crippen LogP contribution is -2.16. The number of aromatic nitrogens is 1. The average molecular weight is 402 g/mol. The van der Waals surface area contributed by atoms with Crippen molar-refractivity contribution in [2.45, 2.75) is 44.6 Å². The highest BCUT2D eigenvalue weighted by Gasteiger charge is 2.18. The van der Waals surface area contributed by atoms with Crippen molar-refractivity contribution in [1.29, 1.82) is 0 Å². The average Bonchev–Trinajstić information content (AvgIpc) is 3.26. The molecule has 0 spiro atoms. The van der Waals surface area contributed by atoms with Crippen LogP contribution in [0.1, 0.15) is 39.3 Å². The van der Waals surface area contributed by atoms with E-state index >= 15 is 0 Å². The van der Waals surface area contributed by atoms with E-state index in [9.17, 15) is 9.59 Å². The van der Waals surface area contributed by atoms with E-state index in [1.807, 2.05) is 24.5 Å². The molecule has 0 atom stereocenters. The number of hydrogen-bond acceptors (Lipinski definition) is 5. The van der Waals surface area contributed by atoms with Crippen LogP contribution in [0.25, 0.3) is 0 Å². The molecule has 1 aromatic carbocycles. The largest absolute Gasteiger partial charge is 0.457 e. The van der Waals surface area contributed by atoms with Crippen LogP contribution in [0, 0.1) is 13.8 Å². The summed E-state index contributed by atoms with van der Waals surface area (Å²) in [6.45, 7) is 4.91. The number of ketones is 1. The molecule has 0 radical (unpaired) electrons. The third kappa shape index (κ3) is 4.86. The van der Waals surface area contributed by atoms with Gasteiger partial charge in [0.1, 0.15) is 0 Å². The molecule has 5 nitrogen and oxygen atoms in total. The van der Waals surface area contributed by atoms with Crippen LogP contribution in [0.4, 0.5) is 0 Å². The number of ether oxygens (including phenoxy) is 2. The van der Waals surface area contributed by atoms with Crippen LogP contribution in [0.2, 0.25) is 0 Å². The number of methoxy groups -OCH3 is 1. The molecular weight excluding hydrogens is 374 g/mol. The van der Waals surface area contributed by atoms with Gasteiger partial charge in [-0.3, -0.25) is 9.59 Å². The lowest BCUT2D eigenvalue weighted by molar-refractivity contribution is -0.139. The summed E-state index contributed by atoms with van der Waals surface area (Å²) < 4.78 is 12.4. The monoisotopic (exact) mass is 401 g/mol. The maximum absolute atomic E-state index is 12.5. The number of aryl methyl sites for hydroxylation is 3. The molecule has 0 amide bonds. The summed E-state index contributed by atoms with van der Waals surface area (Å²) in [5.74, 6) is -0.335. The van der Waals surface area contributed by atoms with Gasteiger partial charge in [0.15, 0.2) is 6.61 Å². The van der Waals surface area contributed by atoms with E-state index in [4.69, 9.17) is 9.47 Å². The van der Waals surface area contributed by atoms with Gasteiger partial charge in [-0.2, -0.15) is 0 Å². The molecule has 150 valence electrons. The second kappa shape index (κ2) is 9.43. The number of Topliss-reactive ketones (excluding diaryl/α,β-unsaturated/α-hetero) is 1. The second-order valence-electron chi connectivity index (χ2n) is 7.09. The van der Waals surface area contributed by atoms with Gasteiger partial charge in [-0.25, -0.2) is 0 Å². The lowest BCUT2D eigenvalue weighted by atomic mass is 10.1. The smallest absolute Gasteiger partial charge is 0.316 e. The van der Waals surface area contributed by atoms with Crippen molar-refractivity contribution < 1.29 is 19.1 Å². The molecule has 0 saturated carbocycles. The van der Waals surface area contributed by atoms with Crippen molar-refractivity contribution >= 4 is 23.5 Å². The van der Waals surface area contributed by atoms with E-state index in [2.05, 4.69) is 18.2 Å². The van der Waals surface area contributed by atoms with Gasteiger partial charge in [-0.15, -0.1) is 11.8 Å². The van der Waals surface area contributed by atoms with E-state index in [0.29, 0.717) is 18.7 Å². The van der Waals surface area contributed by atoms with Gasteiger partial charge in [0.25, 0.3) is 0 Å². The van der Waals surface area contributed by atoms with Gasteiger partial charge in [0.05, 0.1) is 12.4 Å². The molecule has 0 saturated heterocycles. The van der Waals surface area contributed by atoms with E-state index in [0.717, 1.165) is 29.1 Å². The Bertz CT molecular complexity index is 872. The number of fused-ring (bicyclic) bond motifs is 1. The Balaban J connectivity index is 1.50. The van der Waals surface area contributed by atoms with E-state index < -0.39 is 0 Å². The number of esters is 1. The van der Waals surface area contributed by atoms with Gasteiger partial charge in [0, 0.05) is 35.5 Å². The zero-order valence-corrected chi connectivity index (χ0v) is 17.6. The Kier molecular flexibility index (Phi) is 6.97. The molecule has 1 heterocycles. The third-order valence-corrected chi connectivity index (χ3v) is 6.15. The molecule has 3 rings (SSSR count). The molecule has 0 bridgehead atoms. The van der Waals surface area contributed by atoms with Crippen molar-refractivity contribution in [1.82, 2.24) is 4.57 Å². The Hall–Kier alpha value is -2.05. The first kappa shape index (κ1) is 20.7. The van der Waals surface area contributed by atoms with Crippen molar-refractivity contribution in [3.8, 4) is 0 Å². The number of benzene rings is 1. The quantitative estimate of drug-likeness (QED) is 0.364. The van der Waals surface area contributed by atoms with Crippen LogP contribution in [0.15, 0.2) is 29.2 Å². The van der Waals surface area contributed by atoms with Gasteiger partial charge >= 0.3 is 5.97 Å².